The SMILES string of the molecule is CC1CN(S(=O)(=O)c2ccc(C(F)(F)F)nc2)C(C)(C)CO1. The third-order valence-corrected chi connectivity index (χ3v) is 5.49. The van der Waals surface area contributed by atoms with Crippen LogP contribution in [-0.4, -0.2) is 42.5 Å². The van der Waals surface area contributed by atoms with Crippen LogP contribution in [0.15, 0.2) is 23.2 Å². The molecule has 2 rings (SSSR count). The Morgan fingerprint density at radius 2 is 2.00 bits per heavy atom. The molecule has 1 aliphatic rings. The van der Waals surface area contributed by atoms with Crippen LogP contribution in [0.4, 0.5) is 13.2 Å². The molecule has 0 amide bonds. The highest BCUT2D eigenvalue weighted by molar-refractivity contribution is 7.89. The number of ether oxygens (including phenoxy) is 1. The van der Waals surface area contributed by atoms with Gasteiger partial charge in [0.25, 0.3) is 0 Å². The molecule has 1 atom stereocenters. The van der Waals surface area contributed by atoms with Crippen molar-refractivity contribution >= 4 is 10.0 Å². The molecule has 1 aromatic rings. The molecule has 0 radical (unpaired) electrons. The maximum absolute atomic E-state index is 12.7. The van der Waals surface area contributed by atoms with E-state index >= 15 is 0 Å². The quantitative estimate of drug-likeness (QED) is 0.830. The van der Waals surface area contributed by atoms with Crippen molar-refractivity contribution in [1.29, 1.82) is 0 Å². The molecule has 0 N–H and O–H groups in total. The maximum Gasteiger partial charge on any atom is 0.433 e. The molecule has 5 nitrogen and oxygen atoms in total. The smallest absolute Gasteiger partial charge is 0.375 e. The Hall–Kier alpha value is -1.19. The van der Waals surface area contributed by atoms with Gasteiger partial charge in [0.1, 0.15) is 10.6 Å². The Kier molecular flexibility index (Phi) is 4.27. The molecule has 1 fully saturated rings. The monoisotopic (exact) mass is 338 g/mol. The van der Waals surface area contributed by atoms with E-state index in [9.17, 15) is 21.6 Å². The zero-order valence-electron chi connectivity index (χ0n) is 12.4. The predicted octanol–water partition coefficient (Wildman–Crippen LogP) is 2.29. The summed E-state index contributed by atoms with van der Waals surface area (Å²) in [6.45, 7) is 5.49. The highest BCUT2D eigenvalue weighted by Gasteiger charge is 2.42. The van der Waals surface area contributed by atoms with Gasteiger partial charge in [-0.2, -0.15) is 17.5 Å². The van der Waals surface area contributed by atoms with Crippen molar-refractivity contribution < 1.29 is 26.3 Å². The lowest BCUT2D eigenvalue weighted by molar-refractivity contribution is -0.141. The van der Waals surface area contributed by atoms with Crippen LogP contribution in [0, 0.1) is 0 Å². The topological polar surface area (TPSA) is 59.5 Å². The van der Waals surface area contributed by atoms with Crippen LogP contribution in [-0.2, 0) is 20.9 Å². The molecule has 1 aliphatic heterocycles. The lowest BCUT2D eigenvalue weighted by Crippen LogP contribution is -2.57. The first kappa shape index (κ1) is 17.2. The molecule has 1 aromatic heterocycles. The number of morpholine rings is 1. The average molecular weight is 338 g/mol. The van der Waals surface area contributed by atoms with Crippen LogP contribution < -0.4 is 0 Å². The summed E-state index contributed by atoms with van der Waals surface area (Å²) in [6.07, 6.45) is -4.14. The molecule has 9 heteroatoms. The summed E-state index contributed by atoms with van der Waals surface area (Å²) >= 11 is 0. The molecule has 0 aliphatic carbocycles. The van der Waals surface area contributed by atoms with Crippen LogP contribution >= 0.6 is 0 Å². The van der Waals surface area contributed by atoms with Gasteiger partial charge in [-0.05, 0) is 32.9 Å². The third kappa shape index (κ3) is 3.26. The maximum atomic E-state index is 12.7. The molecule has 2 heterocycles. The second kappa shape index (κ2) is 5.47. The van der Waals surface area contributed by atoms with Crippen molar-refractivity contribution in [3.05, 3.63) is 24.0 Å². The van der Waals surface area contributed by atoms with Crippen molar-refractivity contribution in [3.8, 4) is 0 Å². The molecular formula is C13H17F3N2O3S. The number of alkyl halides is 3. The summed E-state index contributed by atoms with van der Waals surface area (Å²) in [5.74, 6) is 0. The summed E-state index contributed by atoms with van der Waals surface area (Å²) in [5.41, 5.74) is -1.91. The number of hydrogen-bond donors (Lipinski definition) is 0. The number of sulfonamides is 1. The van der Waals surface area contributed by atoms with Gasteiger partial charge in [-0.25, -0.2) is 8.42 Å². The van der Waals surface area contributed by atoms with Gasteiger partial charge in [0, 0.05) is 12.7 Å². The molecule has 0 spiro atoms. The fourth-order valence-electron chi connectivity index (χ4n) is 2.20. The van der Waals surface area contributed by atoms with Crippen molar-refractivity contribution in [1.82, 2.24) is 9.29 Å². The molecule has 1 unspecified atom stereocenters. The largest absolute Gasteiger partial charge is 0.433 e. The van der Waals surface area contributed by atoms with Crippen molar-refractivity contribution in [2.75, 3.05) is 13.2 Å². The highest BCUT2D eigenvalue weighted by atomic mass is 32.2. The second-order valence-electron chi connectivity index (χ2n) is 5.85. The van der Waals surface area contributed by atoms with Gasteiger partial charge >= 0.3 is 6.18 Å². The van der Waals surface area contributed by atoms with Gasteiger partial charge in [0.05, 0.1) is 18.2 Å². The number of hydrogen-bond acceptors (Lipinski definition) is 4. The van der Waals surface area contributed by atoms with E-state index in [1.54, 1.807) is 20.8 Å². The summed E-state index contributed by atoms with van der Waals surface area (Å²) in [4.78, 5) is 2.95. The summed E-state index contributed by atoms with van der Waals surface area (Å²) in [7, 11) is -3.94. The standard InChI is InChI=1S/C13H17F3N2O3S/c1-9-7-18(12(2,3)8-21-9)22(19,20)10-4-5-11(17-6-10)13(14,15)16/h4-6,9H,7-8H2,1-3H3. The first-order valence-corrected chi connectivity index (χ1v) is 8.06. The third-order valence-electron chi connectivity index (χ3n) is 3.43. The zero-order valence-corrected chi connectivity index (χ0v) is 13.2. The summed E-state index contributed by atoms with van der Waals surface area (Å²) < 4.78 is 69.5. The fourth-order valence-corrected chi connectivity index (χ4v) is 3.99. The second-order valence-corrected chi connectivity index (χ2v) is 7.71. The van der Waals surface area contributed by atoms with E-state index in [4.69, 9.17) is 4.74 Å². The molecule has 1 saturated heterocycles. The highest BCUT2D eigenvalue weighted by Crippen LogP contribution is 2.31. The van der Waals surface area contributed by atoms with E-state index in [1.807, 2.05) is 0 Å². The van der Waals surface area contributed by atoms with E-state index in [0.29, 0.717) is 6.07 Å². The molecule has 22 heavy (non-hydrogen) atoms. The Bertz CT molecular complexity index is 641. The van der Waals surface area contributed by atoms with E-state index < -0.39 is 27.4 Å². The van der Waals surface area contributed by atoms with Crippen molar-refractivity contribution in [3.63, 3.8) is 0 Å². The van der Waals surface area contributed by atoms with Crippen molar-refractivity contribution in [2.45, 2.75) is 43.5 Å². The van der Waals surface area contributed by atoms with Crippen LogP contribution in [0.1, 0.15) is 26.5 Å². The van der Waals surface area contributed by atoms with Crippen LogP contribution in [0.2, 0.25) is 0 Å². The number of nitrogens with zero attached hydrogens (tertiary/aromatic N) is 2. The Labute approximate surface area is 127 Å². The average Bonchev–Trinajstić information content (AvgIpc) is 2.40. The minimum Gasteiger partial charge on any atom is -0.375 e. The number of pyridine rings is 1. The lowest BCUT2D eigenvalue weighted by Gasteiger charge is -2.43. The van der Waals surface area contributed by atoms with Crippen LogP contribution in [0.5, 0.6) is 0 Å². The molecular weight excluding hydrogens is 321 g/mol. The van der Waals surface area contributed by atoms with Crippen LogP contribution in [0.3, 0.4) is 0 Å². The molecule has 0 bridgehead atoms. The predicted molar refractivity (Wildman–Crippen MR) is 72.6 cm³/mol. The van der Waals surface area contributed by atoms with Gasteiger partial charge < -0.3 is 4.74 Å². The minimum absolute atomic E-state index is 0.135. The molecule has 124 valence electrons. The molecule has 0 saturated carbocycles. The van der Waals surface area contributed by atoms with E-state index in [0.717, 1.165) is 12.3 Å². The number of aromatic nitrogens is 1. The minimum atomic E-state index is -4.60. The number of halogens is 3. The van der Waals surface area contributed by atoms with E-state index in [-0.39, 0.29) is 24.2 Å². The van der Waals surface area contributed by atoms with E-state index in [1.165, 1.54) is 4.31 Å². The van der Waals surface area contributed by atoms with Gasteiger partial charge in [0.2, 0.25) is 10.0 Å². The molecule has 0 aromatic carbocycles. The van der Waals surface area contributed by atoms with Crippen molar-refractivity contribution in [2.24, 2.45) is 0 Å². The Morgan fingerprint density at radius 3 is 2.50 bits per heavy atom. The normalized spacial score (nSPS) is 23.5. The van der Waals surface area contributed by atoms with E-state index in [2.05, 4.69) is 4.98 Å². The van der Waals surface area contributed by atoms with Gasteiger partial charge in [-0.3, -0.25) is 4.98 Å². The number of rotatable bonds is 2. The summed E-state index contributed by atoms with van der Waals surface area (Å²) in [5, 5.41) is 0. The summed E-state index contributed by atoms with van der Waals surface area (Å²) in [6, 6.07) is 1.60. The lowest BCUT2D eigenvalue weighted by atomic mass is 10.1. The first-order chi connectivity index (χ1) is 9.94. The van der Waals surface area contributed by atoms with Gasteiger partial charge in [-0.15, -0.1) is 0 Å². The fraction of sp³-hybridized carbons (Fsp3) is 0.615. The zero-order chi connectivity index (χ0) is 16.8. The van der Waals surface area contributed by atoms with Gasteiger partial charge in [0.15, 0.2) is 0 Å². The first-order valence-electron chi connectivity index (χ1n) is 6.62. The Balaban J connectivity index is 2.37. The van der Waals surface area contributed by atoms with Crippen LogP contribution in [0.25, 0.3) is 0 Å². The Morgan fingerprint density at radius 1 is 1.36 bits per heavy atom. The van der Waals surface area contributed by atoms with Gasteiger partial charge in [-0.1, -0.05) is 0 Å².